The van der Waals surface area contributed by atoms with E-state index in [1.165, 1.54) is 29.5 Å². The van der Waals surface area contributed by atoms with Crippen LogP contribution in [0.3, 0.4) is 0 Å². The fourth-order valence-electron chi connectivity index (χ4n) is 6.19. The van der Waals surface area contributed by atoms with Gasteiger partial charge in [-0.2, -0.15) is 0 Å². The summed E-state index contributed by atoms with van der Waals surface area (Å²) in [5.74, 6) is 1.68. The monoisotopic (exact) mass is 428 g/mol. The van der Waals surface area contributed by atoms with E-state index in [0.29, 0.717) is 6.42 Å². The Hall–Kier alpha value is -2.43. The number of β-amino-alcohol motifs (C(OH)–C–C–N with tert-alkyl or cyclic N) is 1. The van der Waals surface area contributed by atoms with E-state index < -0.39 is 5.60 Å². The molecule has 2 fully saturated rings. The Bertz CT molecular complexity index is 1190. The first-order valence-electron chi connectivity index (χ1n) is 12.0. The molecule has 6 rings (SSSR count). The predicted octanol–water partition coefficient (Wildman–Crippen LogP) is 4.44. The number of aromatic nitrogens is 1. The van der Waals surface area contributed by atoms with Crippen LogP contribution in [-0.2, 0) is 18.3 Å². The van der Waals surface area contributed by atoms with Gasteiger partial charge in [-0.15, -0.1) is 0 Å². The second kappa shape index (κ2) is 7.29. The highest BCUT2D eigenvalue weighted by atomic mass is 16.5. The van der Waals surface area contributed by atoms with Crippen LogP contribution >= 0.6 is 0 Å². The van der Waals surface area contributed by atoms with E-state index in [2.05, 4.69) is 54.3 Å². The van der Waals surface area contributed by atoms with E-state index in [9.17, 15) is 5.11 Å². The first-order valence-corrected chi connectivity index (χ1v) is 12.0. The van der Waals surface area contributed by atoms with Crippen LogP contribution in [0.4, 0.5) is 0 Å². The number of rotatable bonds is 4. The van der Waals surface area contributed by atoms with Gasteiger partial charge < -0.3 is 14.7 Å². The molecule has 0 bridgehead atoms. The third kappa shape index (κ3) is 3.23. The molecule has 0 radical (unpaired) electrons. The SMILES string of the molecule is COc1cccc([C@@]23CCN(CC4CC4)C[C@@]2(O)Cc2cc4ccc(C)cc4nc2C3)c1. The summed E-state index contributed by atoms with van der Waals surface area (Å²) < 4.78 is 5.57. The normalized spacial score (nSPS) is 27.7. The number of ether oxygens (including phenoxy) is 1. The molecule has 2 heterocycles. The molecular weight excluding hydrogens is 396 g/mol. The molecular formula is C28H32N2O2. The number of hydrogen-bond acceptors (Lipinski definition) is 4. The van der Waals surface area contributed by atoms with Crippen molar-refractivity contribution in [1.29, 1.82) is 0 Å². The Balaban J connectivity index is 1.48. The number of nitrogens with zero attached hydrogens (tertiary/aromatic N) is 2. The minimum absolute atomic E-state index is 0.348. The molecule has 32 heavy (non-hydrogen) atoms. The number of methoxy groups -OCH3 is 1. The van der Waals surface area contributed by atoms with Crippen LogP contribution in [0.25, 0.3) is 10.9 Å². The number of piperidine rings is 1. The molecule has 1 N–H and O–H groups in total. The summed E-state index contributed by atoms with van der Waals surface area (Å²) in [7, 11) is 1.72. The molecule has 4 nitrogen and oxygen atoms in total. The van der Waals surface area contributed by atoms with Crippen LogP contribution in [0.5, 0.6) is 5.75 Å². The molecule has 2 atom stereocenters. The van der Waals surface area contributed by atoms with Crippen molar-refractivity contribution in [3.8, 4) is 5.75 Å². The Kier molecular flexibility index (Phi) is 4.60. The van der Waals surface area contributed by atoms with Gasteiger partial charge >= 0.3 is 0 Å². The van der Waals surface area contributed by atoms with Crippen molar-refractivity contribution in [3.63, 3.8) is 0 Å². The Morgan fingerprint density at radius 2 is 2.00 bits per heavy atom. The van der Waals surface area contributed by atoms with Gasteiger partial charge in [-0.25, -0.2) is 0 Å². The van der Waals surface area contributed by atoms with E-state index in [1.807, 2.05) is 6.07 Å². The van der Waals surface area contributed by atoms with E-state index in [0.717, 1.165) is 60.7 Å². The van der Waals surface area contributed by atoms with Gasteiger partial charge in [0.25, 0.3) is 0 Å². The van der Waals surface area contributed by atoms with Gasteiger partial charge in [0.2, 0.25) is 0 Å². The molecule has 166 valence electrons. The molecule has 3 aliphatic rings. The number of aliphatic hydroxyl groups is 1. The van der Waals surface area contributed by atoms with Crippen molar-refractivity contribution in [3.05, 3.63) is 70.9 Å². The van der Waals surface area contributed by atoms with Gasteiger partial charge in [-0.3, -0.25) is 4.98 Å². The zero-order valence-corrected chi connectivity index (χ0v) is 19.1. The second-order valence-corrected chi connectivity index (χ2v) is 10.4. The third-order valence-corrected chi connectivity index (χ3v) is 8.16. The zero-order chi connectivity index (χ0) is 21.9. The fraction of sp³-hybridized carbons (Fsp3) is 0.464. The van der Waals surface area contributed by atoms with Crippen LogP contribution in [0.1, 0.15) is 41.6 Å². The van der Waals surface area contributed by atoms with E-state index in [1.54, 1.807) is 7.11 Å². The lowest BCUT2D eigenvalue weighted by Crippen LogP contribution is -2.66. The molecule has 3 aromatic rings. The molecule has 2 aliphatic carbocycles. The first-order chi connectivity index (χ1) is 15.5. The summed E-state index contributed by atoms with van der Waals surface area (Å²) in [5.41, 5.74) is 4.65. The number of pyridine rings is 1. The zero-order valence-electron chi connectivity index (χ0n) is 19.1. The minimum Gasteiger partial charge on any atom is -0.497 e. The largest absolute Gasteiger partial charge is 0.497 e. The number of hydrogen-bond donors (Lipinski definition) is 1. The van der Waals surface area contributed by atoms with Crippen molar-refractivity contribution < 1.29 is 9.84 Å². The second-order valence-electron chi connectivity index (χ2n) is 10.4. The first kappa shape index (κ1) is 20.2. The average molecular weight is 429 g/mol. The van der Waals surface area contributed by atoms with Crippen LogP contribution < -0.4 is 4.74 Å². The Labute approximate surface area is 190 Å². The van der Waals surface area contributed by atoms with Crippen molar-refractivity contribution in [2.24, 2.45) is 5.92 Å². The van der Waals surface area contributed by atoms with Gasteiger partial charge in [0, 0.05) is 42.4 Å². The van der Waals surface area contributed by atoms with Crippen LogP contribution in [0, 0.1) is 12.8 Å². The molecule has 2 aromatic carbocycles. The maximum atomic E-state index is 12.4. The lowest BCUT2D eigenvalue weighted by atomic mass is 9.56. The Morgan fingerprint density at radius 3 is 2.81 bits per heavy atom. The van der Waals surface area contributed by atoms with Gasteiger partial charge in [0.05, 0.1) is 18.2 Å². The van der Waals surface area contributed by atoms with Crippen LogP contribution in [-0.4, -0.2) is 47.3 Å². The summed E-state index contributed by atoms with van der Waals surface area (Å²) in [4.78, 5) is 7.65. The molecule has 0 unspecified atom stereocenters. The summed E-state index contributed by atoms with van der Waals surface area (Å²) >= 11 is 0. The van der Waals surface area contributed by atoms with E-state index in [4.69, 9.17) is 9.72 Å². The number of fused-ring (bicyclic) bond motifs is 3. The number of benzene rings is 2. The van der Waals surface area contributed by atoms with E-state index >= 15 is 0 Å². The van der Waals surface area contributed by atoms with Crippen LogP contribution in [0.2, 0.25) is 0 Å². The average Bonchev–Trinajstić information content (AvgIpc) is 3.60. The highest BCUT2D eigenvalue weighted by Gasteiger charge is 2.57. The molecule has 0 spiro atoms. The van der Waals surface area contributed by atoms with Crippen LogP contribution in [0.15, 0.2) is 48.5 Å². The minimum atomic E-state index is -0.820. The highest BCUT2D eigenvalue weighted by molar-refractivity contribution is 5.80. The van der Waals surface area contributed by atoms with Gasteiger partial charge in [-0.1, -0.05) is 24.3 Å². The molecule has 1 saturated carbocycles. The van der Waals surface area contributed by atoms with Crippen molar-refractivity contribution >= 4 is 10.9 Å². The highest BCUT2D eigenvalue weighted by Crippen LogP contribution is 2.51. The Morgan fingerprint density at radius 1 is 1.12 bits per heavy atom. The van der Waals surface area contributed by atoms with E-state index in [-0.39, 0.29) is 5.41 Å². The smallest absolute Gasteiger partial charge is 0.119 e. The molecule has 1 saturated heterocycles. The van der Waals surface area contributed by atoms with Crippen molar-refractivity contribution in [2.45, 2.75) is 50.0 Å². The molecule has 0 amide bonds. The number of likely N-dealkylation sites (tertiary alicyclic amines) is 1. The summed E-state index contributed by atoms with van der Waals surface area (Å²) in [6, 6.07) is 17.1. The predicted molar refractivity (Wildman–Crippen MR) is 127 cm³/mol. The standard InChI is InChI=1S/C28H32N2O2/c1-19-6-9-21-13-22-15-28(31)18-30(17-20-7-8-20)11-10-27(28,16-26(22)29-25(21)12-19)23-4-3-5-24(14-23)32-2/h3-6,9,12-14,20,31H,7-8,10-11,15-18H2,1-2H3/t27-,28-/m0/s1. The van der Waals surface area contributed by atoms with Crippen molar-refractivity contribution in [2.75, 3.05) is 26.7 Å². The maximum Gasteiger partial charge on any atom is 0.119 e. The fourth-order valence-corrected chi connectivity index (χ4v) is 6.19. The maximum absolute atomic E-state index is 12.4. The molecule has 4 heteroatoms. The quantitative estimate of drug-likeness (QED) is 0.668. The van der Waals surface area contributed by atoms with Gasteiger partial charge in [0.15, 0.2) is 0 Å². The lowest BCUT2D eigenvalue weighted by Gasteiger charge is -2.56. The summed E-state index contributed by atoms with van der Waals surface area (Å²) in [5, 5.41) is 13.6. The van der Waals surface area contributed by atoms with Gasteiger partial charge in [-0.05, 0) is 79.6 Å². The number of aryl methyl sites for hydroxylation is 1. The third-order valence-electron chi connectivity index (χ3n) is 8.16. The molecule has 1 aromatic heterocycles. The summed E-state index contributed by atoms with van der Waals surface area (Å²) in [6.07, 6.45) is 5.04. The molecule has 1 aliphatic heterocycles. The van der Waals surface area contributed by atoms with Gasteiger partial charge in [0.1, 0.15) is 5.75 Å². The topological polar surface area (TPSA) is 45.6 Å². The lowest BCUT2D eigenvalue weighted by molar-refractivity contribution is -0.104. The van der Waals surface area contributed by atoms with Crippen molar-refractivity contribution in [1.82, 2.24) is 9.88 Å². The summed E-state index contributed by atoms with van der Waals surface area (Å²) in [6.45, 7) is 5.00.